The second kappa shape index (κ2) is 9.58. The number of para-hydroxylation sites is 1. The van der Waals surface area contributed by atoms with E-state index >= 15 is 0 Å². The van der Waals surface area contributed by atoms with Gasteiger partial charge in [0.05, 0.1) is 11.9 Å². The summed E-state index contributed by atoms with van der Waals surface area (Å²) in [6, 6.07) is 10.7. The summed E-state index contributed by atoms with van der Waals surface area (Å²) in [4.78, 5) is 38.8. The van der Waals surface area contributed by atoms with Crippen LogP contribution in [-0.4, -0.2) is 66.0 Å². The highest BCUT2D eigenvalue weighted by Crippen LogP contribution is 2.46. The fourth-order valence-electron chi connectivity index (χ4n) is 3.90. The molecule has 2 saturated heterocycles. The Bertz CT molecular complexity index is 999. The first-order chi connectivity index (χ1) is 15.4. The molecule has 0 saturated carbocycles. The van der Waals surface area contributed by atoms with Gasteiger partial charge in [0.15, 0.2) is 0 Å². The summed E-state index contributed by atoms with van der Waals surface area (Å²) in [6.07, 6.45) is 4.86. The van der Waals surface area contributed by atoms with Crippen molar-refractivity contribution >= 4 is 41.3 Å². The summed E-state index contributed by atoms with van der Waals surface area (Å²) in [5, 5.41) is 17.8. The largest absolute Gasteiger partial charge is 0.480 e. The standard InChI is InChI=1S/C22H26N4O4S2/c1-2-3-5-10-16(27)24-18-19(28)25-13-22(21(29)30,14-31-20(18)25)32-17-11-12-23-26(17)15-8-6-4-7-9-15/h4,6-9,11-12,18,20H,2-3,5,10,13-14H2,1H3,(H,24,27)(H,29,30)/t18-,20-,22?/m1/s1. The Morgan fingerprint density at radius 2 is 2.06 bits per heavy atom. The number of carboxylic acids is 1. The number of carbonyl (C=O) groups excluding carboxylic acids is 2. The van der Waals surface area contributed by atoms with Crippen LogP contribution in [-0.2, 0) is 14.4 Å². The molecule has 8 nitrogen and oxygen atoms in total. The third kappa shape index (κ3) is 4.38. The first-order valence-electron chi connectivity index (χ1n) is 10.7. The van der Waals surface area contributed by atoms with Gasteiger partial charge in [-0.3, -0.25) is 14.4 Å². The van der Waals surface area contributed by atoms with Gasteiger partial charge in [0.25, 0.3) is 0 Å². The second-order valence-corrected chi connectivity index (χ2v) is 10.5. The number of carboxylic acid groups (broad SMARTS) is 1. The predicted octanol–water partition coefficient (Wildman–Crippen LogP) is 2.77. The molecule has 0 radical (unpaired) electrons. The van der Waals surface area contributed by atoms with Crippen LogP contribution in [0.25, 0.3) is 5.69 Å². The molecular weight excluding hydrogens is 448 g/mol. The van der Waals surface area contributed by atoms with Crippen LogP contribution in [0.4, 0.5) is 0 Å². The summed E-state index contributed by atoms with van der Waals surface area (Å²) >= 11 is 2.63. The van der Waals surface area contributed by atoms with Gasteiger partial charge in [0, 0.05) is 18.7 Å². The van der Waals surface area contributed by atoms with E-state index in [9.17, 15) is 19.5 Å². The van der Waals surface area contributed by atoms with Crippen LogP contribution < -0.4 is 5.32 Å². The van der Waals surface area contributed by atoms with Crippen molar-refractivity contribution in [3.8, 4) is 5.69 Å². The van der Waals surface area contributed by atoms with E-state index in [0.29, 0.717) is 17.2 Å². The van der Waals surface area contributed by atoms with Crippen molar-refractivity contribution in [3.05, 3.63) is 42.6 Å². The topological polar surface area (TPSA) is 105 Å². The Balaban J connectivity index is 1.45. The van der Waals surface area contributed by atoms with E-state index < -0.39 is 16.8 Å². The number of carbonyl (C=O) groups is 3. The molecule has 1 unspecified atom stereocenters. The molecule has 2 aromatic rings. The lowest BCUT2D eigenvalue weighted by Crippen LogP contribution is -2.74. The Labute approximate surface area is 195 Å². The van der Waals surface area contributed by atoms with Crippen LogP contribution in [0, 0.1) is 0 Å². The Hall–Kier alpha value is -2.46. The molecule has 2 N–H and O–H groups in total. The number of hydrogen-bond donors (Lipinski definition) is 2. The number of benzene rings is 1. The van der Waals surface area contributed by atoms with E-state index in [-0.39, 0.29) is 23.7 Å². The first kappa shape index (κ1) is 22.7. The Morgan fingerprint density at radius 3 is 2.78 bits per heavy atom. The van der Waals surface area contributed by atoms with Crippen molar-refractivity contribution in [1.82, 2.24) is 20.0 Å². The maximum absolute atomic E-state index is 12.7. The number of rotatable bonds is 9. The molecule has 1 aromatic carbocycles. The number of amides is 2. The maximum Gasteiger partial charge on any atom is 0.322 e. The zero-order chi connectivity index (χ0) is 22.7. The van der Waals surface area contributed by atoms with Crippen molar-refractivity contribution in [2.75, 3.05) is 12.3 Å². The van der Waals surface area contributed by atoms with Crippen molar-refractivity contribution in [2.45, 2.75) is 53.8 Å². The van der Waals surface area contributed by atoms with Gasteiger partial charge in [-0.1, -0.05) is 49.7 Å². The van der Waals surface area contributed by atoms with Gasteiger partial charge < -0.3 is 15.3 Å². The van der Waals surface area contributed by atoms with Gasteiger partial charge in [-0.2, -0.15) is 5.10 Å². The molecule has 3 heterocycles. The zero-order valence-corrected chi connectivity index (χ0v) is 19.4. The van der Waals surface area contributed by atoms with Gasteiger partial charge in [-0.25, -0.2) is 4.68 Å². The quantitative estimate of drug-likeness (QED) is 0.425. The zero-order valence-electron chi connectivity index (χ0n) is 17.8. The number of nitrogens with one attached hydrogen (secondary N) is 1. The smallest absolute Gasteiger partial charge is 0.322 e. The third-order valence-corrected chi connectivity index (χ3v) is 8.74. The molecule has 2 fully saturated rings. The van der Waals surface area contributed by atoms with Crippen LogP contribution in [0.5, 0.6) is 0 Å². The highest BCUT2D eigenvalue weighted by Gasteiger charge is 2.58. The van der Waals surface area contributed by atoms with Crippen molar-refractivity contribution in [1.29, 1.82) is 0 Å². The normalized spacial score (nSPS) is 24.5. The molecule has 170 valence electrons. The van der Waals surface area contributed by atoms with Gasteiger partial charge in [0.2, 0.25) is 11.8 Å². The van der Waals surface area contributed by atoms with Crippen molar-refractivity contribution < 1.29 is 19.5 Å². The highest BCUT2D eigenvalue weighted by atomic mass is 32.2. The number of aliphatic carboxylic acids is 1. The van der Waals surface area contributed by atoms with Crippen LogP contribution in [0.2, 0.25) is 0 Å². The minimum atomic E-state index is -1.19. The molecule has 3 atom stereocenters. The summed E-state index contributed by atoms with van der Waals surface area (Å²) in [6.45, 7) is 2.16. The van der Waals surface area contributed by atoms with Crippen LogP contribution in [0.15, 0.2) is 47.6 Å². The average Bonchev–Trinajstić information content (AvgIpc) is 3.26. The molecule has 10 heteroatoms. The maximum atomic E-state index is 12.7. The number of fused-ring (bicyclic) bond motifs is 1. The molecule has 2 amide bonds. The minimum Gasteiger partial charge on any atom is -0.480 e. The van der Waals surface area contributed by atoms with Crippen LogP contribution in [0.3, 0.4) is 0 Å². The number of β-lactam (4-membered cyclic amide) rings is 1. The first-order valence-corrected chi connectivity index (χ1v) is 12.5. The van der Waals surface area contributed by atoms with E-state index in [2.05, 4.69) is 17.3 Å². The van der Waals surface area contributed by atoms with E-state index in [1.807, 2.05) is 30.3 Å². The number of thioether (sulfide) groups is 2. The molecule has 2 aliphatic heterocycles. The molecule has 0 spiro atoms. The summed E-state index contributed by atoms with van der Waals surface area (Å²) < 4.78 is 0.517. The van der Waals surface area contributed by atoms with Crippen LogP contribution >= 0.6 is 23.5 Å². The average molecular weight is 475 g/mol. The second-order valence-electron chi connectivity index (χ2n) is 7.99. The monoisotopic (exact) mass is 474 g/mol. The lowest BCUT2D eigenvalue weighted by atomic mass is 10.0. The van der Waals surface area contributed by atoms with Gasteiger partial charge in [0.1, 0.15) is 21.2 Å². The lowest BCUT2D eigenvalue weighted by molar-refractivity contribution is -0.152. The van der Waals surface area contributed by atoms with Crippen molar-refractivity contribution in [3.63, 3.8) is 0 Å². The third-order valence-electron chi connectivity index (χ3n) is 5.68. The number of aromatic nitrogens is 2. The number of unbranched alkanes of at least 4 members (excludes halogenated alkanes) is 2. The van der Waals surface area contributed by atoms with E-state index in [4.69, 9.17) is 0 Å². The SMILES string of the molecule is CCCCCC(=O)N[C@@H]1C(=O)N2CC(Sc3ccnn3-c3ccccc3)(C(=O)O)CS[C@H]12. The highest BCUT2D eigenvalue weighted by molar-refractivity contribution is 8.05. The molecule has 0 aliphatic carbocycles. The van der Waals surface area contributed by atoms with Gasteiger partial charge in [-0.05, 0) is 24.6 Å². The fourth-order valence-corrected chi connectivity index (χ4v) is 6.79. The minimum absolute atomic E-state index is 0.0890. The van der Waals surface area contributed by atoms with Crippen molar-refractivity contribution in [2.24, 2.45) is 0 Å². The van der Waals surface area contributed by atoms with E-state index in [1.165, 1.54) is 23.5 Å². The number of nitrogens with zero attached hydrogens (tertiary/aromatic N) is 3. The van der Waals surface area contributed by atoms with Gasteiger partial charge in [-0.15, -0.1) is 11.8 Å². The fraction of sp³-hybridized carbons (Fsp3) is 0.455. The lowest BCUT2D eigenvalue weighted by Gasteiger charge is -2.53. The Morgan fingerprint density at radius 1 is 1.28 bits per heavy atom. The van der Waals surface area contributed by atoms with E-state index in [0.717, 1.165) is 24.9 Å². The predicted molar refractivity (Wildman–Crippen MR) is 124 cm³/mol. The van der Waals surface area contributed by atoms with E-state index in [1.54, 1.807) is 21.8 Å². The summed E-state index contributed by atoms with van der Waals surface area (Å²) in [5.41, 5.74) is 0.841. The summed E-state index contributed by atoms with van der Waals surface area (Å²) in [5.74, 6) is -0.972. The molecule has 4 rings (SSSR count). The summed E-state index contributed by atoms with van der Waals surface area (Å²) in [7, 11) is 0. The van der Waals surface area contributed by atoms with Crippen LogP contribution in [0.1, 0.15) is 32.6 Å². The van der Waals surface area contributed by atoms with Gasteiger partial charge >= 0.3 is 5.97 Å². The number of hydrogen-bond acceptors (Lipinski definition) is 6. The molecule has 32 heavy (non-hydrogen) atoms. The molecule has 0 bridgehead atoms. The molecule has 2 aliphatic rings. The molecule has 1 aromatic heterocycles. The molecular formula is C22H26N4O4S2. The Kier molecular flexibility index (Phi) is 6.80.